The first kappa shape index (κ1) is 21.1. The van der Waals surface area contributed by atoms with Gasteiger partial charge in [0.15, 0.2) is 11.4 Å². The molecule has 2 aromatic heterocycles. The minimum Gasteiger partial charge on any atom is -0.381 e. The number of anilines is 4. The summed E-state index contributed by atoms with van der Waals surface area (Å²) in [6, 6.07) is 11.8. The third-order valence-corrected chi connectivity index (χ3v) is 5.58. The minimum absolute atomic E-state index is 0.100. The third kappa shape index (κ3) is 4.43. The van der Waals surface area contributed by atoms with E-state index in [2.05, 4.69) is 25.5 Å². The van der Waals surface area contributed by atoms with Crippen molar-refractivity contribution in [3.63, 3.8) is 0 Å². The van der Waals surface area contributed by atoms with E-state index in [9.17, 15) is 4.39 Å². The second kappa shape index (κ2) is 9.00. The molecular formula is C23H23FN6O3. The summed E-state index contributed by atoms with van der Waals surface area (Å²) in [5.41, 5.74) is 3.17. The van der Waals surface area contributed by atoms with Gasteiger partial charge in [-0.3, -0.25) is 4.57 Å². The van der Waals surface area contributed by atoms with Crippen LogP contribution in [0.2, 0.25) is 0 Å². The number of imidazole rings is 1. The Balaban J connectivity index is 1.53. The molecule has 3 heterocycles. The molecule has 2 aromatic carbocycles. The highest BCUT2D eigenvalue weighted by atomic mass is 19.1. The Morgan fingerprint density at radius 2 is 1.88 bits per heavy atom. The number of ether oxygens (including phenoxy) is 1. The quantitative estimate of drug-likeness (QED) is 0.279. The van der Waals surface area contributed by atoms with E-state index in [0.29, 0.717) is 47.7 Å². The lowest BCUT2D eigenvalue weighted by molar-refractivity contribution is -0.137. The highest BCUT2D eigenvalue weighted by Gasteiger charge is 2.24. The Hall–Kier alpha value is -3.76. The van der Waals surface area contributed by atoms with Gasteiger partial charge in [-0.05, 0) is 61.7 Å². The maximum absolute atomic E-state index is 14.5. The molecule has 0 spiro atoms. The maximum atomic E-state index is 14.5. The van der Waals surface area contributed by atoms with Gasteiger partial charge in [-0.15, -0.1) is 0 Å². The SMILES string of the molecule is Cc1ccc(Nc2nc3cnc(Nc4ccc(OO)cc4)nc3n2C2CCOCC2)c(F)c1. The van der Waals surface area contributed by atoms with Crippen LogP contribution >= 0.6 is 0 Å². The van der Waals surface area contributed by atoms with Gasteiger partial charge in [0.25, 0.3) is 0 Å². The summed E-state index contributed by atoms with van der Waals surface area (Å²) in [6.07, 6.45) is 3.24. The molecule has 9 nitrogen and oxygen atoms in total. The van der Waals surface area contributed by atoms with E-state index in [0.717, 1.165) is 24.1 Å². The van der Waals surface area contributed by atoms with Gasteiger partial charge in [0.1, 0.15) is 11.3 Å². The monoisotopic (exact) mass is 450 g/mol. The van der Waals surface area contributed by atoms with Crippen molar-refractivity contribution < 1.29 is 19.3 Å². The van der Waals surface area contributed by atoms with Crippen LogP contribution in [0.5, 0.6) is 5.75 Å². The molecule has 1 aliphatic rings. The van der Waals surface area contributed by atoms with Crippen LogP contribution < -0.4 is 15.5 Å². The maximum Gasteiger partial charge on any atom is 0.229 e. The largest absolute Gasteiger partial charge is 0.381 e. The number of aryl methyl sites for hydroxylation is 1. The lowest BCUT2D eigenvalue weighted by atomic mass is 10.1. The highest BCUT2D eigenvalue weighted by Crippen LogP contribution is 2.32. The number of hydrogen-bond donors (Lipinski definition) is 3. The standard InChI is InChI=1S/C23H23FN6O3/c1-14-2-7-19(18(24)12-14)27-23-28-20-13-25-22(26-15-3-5-17(33-31)6-4-15)29-21(20)30(23)16-8-10-32-11-9-16/h2-7,12-13,16,31H,8-11H2,1H3,(H,27,28)(H,25,26,29). The molecule has 3 N–H and O–H groups in total. The van der Waals surface area contributed by atoms with Gasteiger partial charge in [-0.2, -0.15) is 4.98 Å². The molecule has 5 rings (SSSR count). The second-order valence-corrected chi connectivity index (χ2v) is 7.90. The predicted molar refractivity (Wildman–Crippen MR) is 122 cm³/mol. The number of aromatic nitrogens is 4. The number of rotatable bonds is 6. The topological polar surface area (TPSA) is 106 Å². The van der Waals surface area contributed by atoms with E-state index in [4.69, 9.17) is 15.0 Å². The molecule has 1 aliphatic heterocycles. The molecule has 0 saturated carbocycles. The lowest BCUT2D eigenvalue weighted by Gasteiger charge is -2.25. The van der Waals surface area contributed by atoms with Crippen molar-refractivity contribution in [1.82, 2.24) is 19.5 Å². The number of nitrogens with zero attached hydrogens (tertiary/aromatic N) is 4. The van der Waals surface area contributed by atoms with Gasteiger partial charge >= 0.3 is 0 Å². The van der Waals surface area contributed by atoms with Gasteiger partial charge in [0.05, 0.1) is 11.9 Å². The summed E-state index contributed by atoms with van der Waals surface area (Å²) in [6.45, 7) is 3.12. The van der Waals surface area contributed by atoms with Crippen molar-refractivity contribution in [2.45, 2.75) is 25.8 Å². The van der Waals surface area contributed by atoms with E-state index in [1.807, 2.05) is 17.6 Å². The van der Waals surface area contributed by atoms with Crippen LogP contribution in [0, 0.1) is 12.7 Å². The summed E-state index contributed by atoms with van der Waals surface area (Å²) >= 11 is 0. The van der Waals surface area contributed by atoms with E-state index in [-0.39, 0.29) is 11.9 Å². The number of nitrogens with one attached hydrogen (secondary N) is 2. The first-order valence-corrected chi connectivity index (χ1v) is 10.6. The van der Waals surface area contributed by atoms with Crippen LogP contribution in [0.15, 0.2) is 48.7 Å². The average molecular weight is 450 g/mol. The summed E-state index contributed by atoms with van der Waals surface area (Å²) < 4.78 is 22.1. The first-order valence-electron chi connectivity index (χ1n) is 10.6. The molecule has 1 fully saturated rings. The lowest BCUT2D eigenvalue weighted by Crippen LogP contribution is -2.21. The molecular weight excluding hydrogens is 427 g/mol. The van der Waals surface area contributed by atoms with Crippen LogP contribution in [0.1, 0.15) is 24.4 Å². The third-order valence-electron chi connectivity index (χ3n) is 5.58. The molecule has 1 saturated heterocycles. The smallest absolute Gasteiger partial charge is 0.229 e. The van der Waals surface area contributed by atoms with Crippen molar-refractivity contribution >= 4 is 34.4 Å². The summed E-state index contributed by atoms with van der Waals surface area (Å²) in [5.74, 6) is 0.884. The van der Waals surface area contributed by atoms with Crippen LogP contribution in [0.4, 0.5) is 27.7 Å². The van der Waals surface area contributed by atoms with E-state index >= 15 is 0 Å². The van der Waals surface area contributed by atoms with Gasteiger partial charge < -0.3 is 20.3 Å². The molecule has 0 bridgehead atoms. The Morgan fingerprint density at radius 3 is 2.61 bits per heavy atom. The van der Waals surface area contributed by atoms with Crippen molar-refractivity contribution in [2.75, 3.05) is 23.8 Å². The second-order valence-electron chi connectivity index (χ2n) is 7.90. The Bertz CT molecular complexity index is 1270. The van der Waals surface area contributed by atoms with Gasteiger partial charge in [-0.25, -0.2) is 19.6 Å². The molecule has 10 heteroatoms. The van der Waals surface area contributed by atoms with Gasteiger partial charge in [0, 0.05) is 24.9 Å². The van der Waals surface area contributed by atoms with Crippen LogP contribution in [-0.2, 0) is 4.74 Å². The minimum atomic E-state index is -0.343. The van der Waals surface area contributed by atoms with Crippen LogP contribution in [0.3, 0.4) is 0 Å². The molecule has 4 aromatic rings. The van der Waals surface area contributed by atoms with E-state index in [1.165, 1.54) is 6.07 Å². The fourth-order valence-electron chi connectivity index (χ4n) is 3.90. The first-order chi connectivity index (χ1) is 16.1. The molecule has 33 heavy (non-hydrogen) atoms. The number of benzene rings is 2. The zero-order valence-electron chi connectivity index (χ0n) is 18.0. The molecule has 0 radical (unpaired) electrons. The molecule has 0 unspecified atom stereocenters. The predicted octanol–water partition coefficient (Wildman–Crippen LogP) is 4.96. The van der Waals surface area contributed by atoms with Gasteiger partial charge in [0.2, 0.25) is 11.9 Å². The number of fused-ring (bicyclic) bond motifs is 1. The van der Waals surface area contributed by atoms with Gasteiger partial charge in [-0.1, -0.05) is 6.07 Å². The summed E-state index contributed by atoms with van der Waals surface area (Å²) in [7, 11) is 0. The average Bonchev–Trinajstić information content (AvgIpc) is 3.19. The van der Waals surface area contributed by atoms with E-state index in [1.54, 1.807) is 36.5 Å². The zero-order valence-corrected chi connectivity index (χ0v) is 18.0. The summed E-state index contributed by atoms with van der Waals surface area (Å²) in [4.78, 5) is 18.0. The highest BCUT2D eigenvalue weighted by molar-refractivity contribution is 5.77. The number of hydrogen-bond acceptors (Lipinski definition) is 8. The molecule has 170 valence electrons. The van der Waals surface area contributed by atoms with Crippen LogP contribution in [0.25, 0.3) is 11.2 Å². The zero-order chi connectivity index (χ0) is 22.8. The Kier molecular flexibility index (Phi) is 5.76. The van der Waals surface area contributed by atoms with Crippen molar-refractivity contribution in [1.29, 1.82) is 0 Å². The van der Waals surface area contributed by atoms with Crippen LogP contribution in [-0.4, -0.2) is 38.0 Å². The normalized spacial score (nSPS) is 14.4. The fourth-order valence-corrected chi connectivity index (χ4v) is 3.90. The van der Waals surface area contributed by atoms with Crippen molar-refractivity contribution in [2.24, 2.45) is 0 Å². The Labute approximate surface area is 189 Å². The molecule has 0 aliphatic carbocycles. The molecule has 0 amide bonds. The molecule has 0 atom stereocenters. The fraction of sp³-hybridized carbons (Fsp3) is 0.261. The Morgan fingerprint density at radius 1 is 1.09 bits per heavy atom. The summed E-state index contributed by atoms with van der Waals surface area (Å²) in [5, 5.41) is 15.0. The van der Waals surface area contributed by atoms with Crippen molar-refractivity contribution in [3.8, 4) is 5.75 Å². The van der Waals surface area contributed by atoms with E-state index < -0.39 is 0 Å². The number of halogens is 1. The van der Waals surface area contributed by atoms with Crippen molar-refractivity contribution in [3.05, 3.63) is 60.0 Å².